The van der Waals surface area contributed by atoms with Gasteiger partial charge < -0.3 is 0 Å². The molecule has 0 spiro atoms. The van der Waals surface area contributed by atoms with E-state index in [0.29, 0.717) is 0 Å². The smallest absolute Gasteiger partial charge is 0.264 e. The average molecular weight is 312 g/mol. The van der Waals surface area contributed by atoms with Gasteiger partial charge in [0.05, 0.1) is 0 Å². The zero-order valence-electron chi connectivity index (χ0n) is 4.95. The van der Waals surface area contributed by atoms with Gasteiger partial charge in [0, 0.05) is 34.4 Å². The van der Waals surface area contributed by atoms with Gasteiger partial charge in [0.15, 0.2) is 0 Å². The molecule has 0 aliphatic heterocycles. The quantitative estimate of drug-likeness (QED) is 0.318. The van der Waals surface area contributed by atoms with Gasteiger partial charge in [-0.25, -0.2) is 0 Å². The van der Waals surface area contributed by atoms with Crippen LogP contribution in [0.1, 0.15) is 0 Å². The summed E-state index contributed by atoms with van der Waals surface area (Å²) in [6.07, 6.45) is 0. The summed E-state index contributed by atoms with van der Waals surface area (Å²) in [5.41, 5.74) is 0. The van der Waals surface area contributed by atoms with Gasteiger partial charge >= 0.3 is 20.8 Å². The van der Waals surface area contributed by atoms with Crippen LogP contribution in [-0.2, 0) is 55.2 Å². The number of rotatable bonds is 0. The minimum absolute atomic E-state index is 0. The van der Waals surface area contributed by atoms with E-state index in [0.717, 1.165) is 0 Å². The van der Waals surface area contributed by atoms with Crippen molar-refractivity contribution in [1.82, 2.24) is 0 Å². The van der Waals surface area contributed by atoms with Gasteiger partial charge in [-0.2, -0.15) is 16.8 Å². The molecule has 0 rings (SSSR count). The molecule has 12 heavy (non-hydrogen) atoms. The fourth-order valence-corrected chi connectivity index (χ4v) is 0. The molecule has 0 bridgehead atoms. The van der Waals surface area contributed by atoms with Gasteiger partial charge in [-0.1, -0.05) is 0 Å². The number of hydrogen-bond donors (Lipinski definition) is 4. The maximum absolute atomic E-state index is 8.74. The van der Waals surface area contributed by atoms with Crippen LogP contribution in [0.3, 0.4) is 0 Å². The topological polar surface area (TPSA) is 149 Å². The molecule has 0 aromatic rings. The summed E-state index contributed by atoms with van der Waals surface area (Å²) in [6.45, 7) is 0. The Kier molecular flexibility index (Phi) is 16.1. The Bertz CT molecular complexity index is 213. The Labute approximate surface area is 90.1 Å². The molecule has 8 nitrogen and oxygen atoms in total. The second-order valence-corrected chi connectivity index (χ2v) is 2.69. The molecule has 0 unspecified atom stereocenters. The molecule has 0 saturated carbocycles. The first-order chi connectivity index (χ1) is 4.00. The van der Waals surface area contributed by atoms with E-state index < -0.39 is 20.8 Å². The van der Waals surface area contributed by atoms with E-state index in [1.807, 2.05) is 0 Å². The summed E-state index contributed by atoms with van der Waals surface area (Å²) < 4.78 is 63.2. The molecule has 4 N–H and O–H groups in total. The molecular formula is H4CrCuO8S2. The largest absolute Gasteiger partial charge is 0.394 e. The van der Waals surface area contributed by atoms with Crippen LogP contribution >= 0.6 is 0 Å². The SMILES string of the molecule is O=S(=O)(O)O.O=S(=O)(O)O.[Cr].[Cu]. The van der Waals surface area contributed by atoms with Crippen molar-refractivity contribution in [3.8, 4) is 0 Å². The summed E-state index contributed by atoms with van der Waals surface area (Å²) >= 11 is 0. The van der Waals surface area contributed by atoms with Crippen LogP contribution in [0.2, 0.25) is 0 Å². The molecule has 0 atom stereocenters. The van der Waals surface area contributed by atoms with Crippen LogP contribution in [0.4, 0.5) is 0 Å². The molecule has 81 valence electrons. The van der Waals surface area contributed by atoms with Crippen molar-refractivity contribution in [2.45, 2.75) is 0 Å². The molecule has 0 saturated heterocycles. The van der Waals surface area contributed by atoms with Crippen molar-refractivity contribution in [1.29, 1.82) is 0 Å². The van der Waals surface area contributed by atoms with Gasteiger partial charge in [0.1, 0.15) is 0 Å². The molecule has 0 amide bonds. The van der Waals surface area contributed by atoms with E-state index in [1.54, 1.807) is 0 Å². The van der Waals surface area contributed by atoms with Crippen molar-refractivity contribution in [2.75, 3.05) is 0 Å². The maximum atomic E-state index is 8.74. The Hall–Kier alpha value is 0.792. The molecule has 12 heteroatoms. The van der Waals surface area contributed by atoms with E-state index in [-0.39, 0.29) is 34.4 Å². The van der Waals surface area contributed by atoms with Gasteiger partial charge in [0.25, 0.3) is 0 Å². The molecule has 0 fully saturated rings. The Balaban J connectivity index is -0.0000000457. The zero-order chi connectivity index (χ0) is 9.00. The van der Waals surface area contributed by atoms with Gasteiger partial charge in [0.2, 0.25) is 0 Å². The third-order valence-corrected chi connectivity index (χ3v) is 0. The van der Waals surface area contributed by atoms with E-state index in [1.165, 1.54) is 0 Å². The predicted octanol–water partition coefficient (Wildman–Crippen LogP) is -1.31. The standard InChI is InChI=1S/Cr.Cu.2H2O4S/c;;2*1-5(2,3)4/h;;2*(H2,1,2,3,4). The summed E-state index contributed by atoms with van der Waals surface area (Å²) in [5.74, 6) is 0. The van der Waals surface area contributed by atoms with Crippen LogP contribution in [0.5, 0.6) is 0 Å². The first-order valence-electron chi connectivity index (χ1n) is 1.40. The first-order valence-corrected chi connectivity index (χ1v) is 4.19. The average Bonchev–Trinajstić information content (AvgIpc) is 1.12. The second-order valence-electron chi connectivity index (χ2n) is 0.896. The third-order valence-electron chi connectivity index (χ3n) is 0. The Morgan fingerprint density at radius 2 is 0.667 bits per heavy atom. The van der Waals surface area contributed by atoms with E-state index >= 15 is 0 Å². The van der Waals surface area contributed by atoms with Crippen molar-refractivity contribution in [3.63, 3.8) is 0 Å². The first kappa shape index (κ1) is 23.0. The summed E-state index contributed by atoms with van der Waals surface area (Å²) in [6, 6.07) is 0. The third kappa shape index (κ3) is 1650. The van der Waals surface area contributed by atoms with E-state index in [4.69, 9.17) is 35.0 Å². The minimum Gasteiger partial charge on any atom is -0.264 e. The van der Waals surface area contributed by atoms with Crippen molar-refractivity contribution >= 4 is 20.8 Å². The molecule has 0 aliphatic rings. The second kappa shape index (κ2) is 8.39. The molecular weight excluding hydrogens is 308 g/mol. The van der Waals surface area contributed by atoms with Gasteiger partial charge in [-0.3, -0.25) is 18.2 Å². The van der Waals surface area contributed by atoms with Crippen molar-refractivity contribution < 1.29 is 69.5 Å². The molecule has 0 aromatic heterocycles. The molecule has 1 radical (unpaired) electrons. The molecule has 0 heterocycles. The van der Waals surface area contributed by atoms with Crippen LogP contribution in [0.25, 0.3) is 0 Å². The van der Waals surface area contributed by atoms with E-state index in [9.17, 15) is 0 Å². The van der Waals surface area contributed by atoms with Crippen LogP contribution in [-0.4, -0.2) is 35.0 Å². The van der Waals surface area contributed by atoms with Gasteiger partial charge in [-0.15, -0.1) is 0 Å². The fourth-order valence-electron chi connectivity index (χ4n) is 0. The van der Waals surface area contributed by atoms with Crippen LogP contribution < -0.4 is 0 Å². The predicted molar refractivity (Wildman–Crippen MR) is 28.4 cm³/mol. The maximum Gasteiger partial charge on any atom is 0.394 e. The van der Waals surface area contributed by atoms with Crippen LogP contribution in [0.15, 0.2) is 0 Å². The Morgan fingerprint density at radius 1 is 0.667 bits per heavy atom. The van der Waals surface area contributed by atoms with Crippen molar-refractivity contribution in [2.24, 2.45) is 0 Å². The summed E-state index contributed by atoms with van der Waals surface area (Å²) in [4.78, 5) is 0. The summed E-state index contributed by atoms with van der Waals surface area (Å²) in [7, 11) is -9.33. The molecule has 0 aromatic carbocycles. The zero-order valence-corrected chi connectivity index (χ0v) is 8.80. The Morgan fingerprint density at radius 3 is 0.667 bits per heavy atom. The monoisotopic (exact) mass is 311 g/mol. The minimum atomic E-state index is -4.67. The normalized spacial score (nSPS) is 9.67. The fraction of sp³-hybridized carbons (Fsp3) is 0. The number of hydrogen-bond acceptors (Lipinski definition) is 4. The van der Waals surface area contributed by atoms with Gasteiger partial charge in [-0.05, 0) is 0 Å². The summed E-state index contributed by atoms with van der Waals surface area (Å²) in [5, 5.41) is 0. The van der Waals surface area contributed by atoms with Crippen LogP contribution in [0, 0.1) is 0 Å². The van der Waals surface area contributed by atoms with Crippen molar-refractivity contribution in [3.05, 3.63) is 0 Å². The molecule has 0 aliphatic carbocycles. The van der Waals surface area contributed by atoms with E-state index in [2.05, 4.69) is 0 Å².